The van der Waals surface area contributed by atoms with E-state index in [0.29, 0.717) is 17.9 Å². The van der Waals surface area contributed by atoms with Gasteiger partial charge in [0.15, 0.2) is 6.10 Å². The van der Waals surface area contributed by atoms with Gasteiger partial charge in [-0.2, -0.15) is 5.10 Å². The Bertz CT molecular complexity index is 1220. The van der Waals surface area contributed by atoms with Crippen molar-refractivity contribution in [2.75, 3.05) is 11.9 Å². The highest BCUT2D eigenvalue weighted by Crippen LogP contribution is 2.29. The highest BCUT2D eigenvalue weighted by atomic mass is 16.6. The van der Waals surface area contributed by atoms with Gasteiger partial charge in [-0.25, -0.2) is 0 Å². The van der Waals surface area contributed by atoms with Crippen molar-refractivity contribution in [1.29, 1.82) is 0 Å². The van der Waals surface area contributed by atoms with Gasteiger partial charge in [0.25, 0.3) is 5.91 Å². The lowest BCUT2D eigenvalue weighted by Gasteiger charge is -2.12. The van der Waals surface area contributed by atoms with Crippen LogP contribution in [0.15, 0.2) is 78.0 Å². The third kappa shape index (κ3) is 4.62. The number of benzene rings is 3. The smallest absolute Gasteiger partial charge is 0.257 e. The van der Waals surface area contributed by atoms with Crippen molar-refractivity contribution in [2.45, 2.75) is 13.0 Å². The molecule has 1 amide bonds. The number of nitrogens with one attached hydrogen (secondary N) is 2. The second-order valence-corrected chi connectivity index (χ2v) is 6.91. The van der Waals surface area contributed by atoms with E-state index in [9.17, 15) is 9.90 Å². The number of aliphatic hydroxyl groups is 1. The van der Waals surface area contributed by atoms with Gasteiger partial charge in [-0.3, -0.25) is 9.89 Å². The van der Waals surface area contributed by atoms with Crippen LogP contribution in [0, 0.1) is 0 Å². The SMILES string of the molecule is CCON=Cc1ccc2[nH]nc(-c3cccc(NC(=O)[C@H](O)c4ccccc4)c3)c2c1. The maximum Gasteiger partial charge on any atom is 0.257 e. The fourth-order valence-corrected chi connectivity index (χ4v) is 3.25. The van der Waals surface area contributed by atoms with E-state index >= 15 is 0 Å². The maximum atomic E-state index is 12.5. The fraction of sp³-hybridized carbons (Fsp3) is 0.125. The minimum Gasteiger partial charge on any atom is -0.396 e. The van der Waals surface area contributed by atoms with E-state index in [1.54, 1.807) is 36.5 Å². The van der Waals surface area contributed by atoms with Crippen molar-refractivity contribution in [2.24, 2.45) is 5.16 Å². The maximum absolute atomic E-state index is 12.5. The van der Waals surface area contributed by atoms with E-state index in [4.69, 9.17) is 4.84 Å². The van der Waals surface area contributed by atoms with Gasteiger partial charge in [0.05, 0.1) is 17.4 Å². The van der Waals surface area contributed by atoms with E-state index in [1.165, 1.54) is 0 Å². The second-order valence-electron chi connectivity index (χ2n) is 6.91. The van der Waals surface area contributed by atoms with Crippen molar-refractivity contribution in [3.8, 4) is 11.3 Å². The predicted octanol–water partition coefficient (Wildman–Crippen LogP) is 4.27. The highest BCUT2D eigenvalue weighted by Gasteiger charge is 2.17. The predicted molar refractivity (Wildman–Crippen MR) is 121 cm³/mol. The minimum absolute atomic E-state index is 0.496. The summed E-state index contributed by atoms with van der Waals surface area (Å²) in [6.07, 6.45) is 0.407. The lowest BCUT2D eigenvalue weighted by Crippen LogP contribution is -2.20. The topological polar surface area (TPSA) is 99.6 Å². The molecule has 4 aromatic rings. The van der Waals surface area contributed by atoms with Gasteiger partial charge in [0.2, 0.25) is 0 Å². The van der Waals surface area contributed by atoms with Crippen LogP contribution in [0.3, 0.4) is 0 Å². The average molecular weight is 414 g/mol. The number of amides is 1. The molecule has 156 valence electrons. The first kappa shape index (κ1) is 20.3. The van der Waals surface area contributed by atoms with Gasteiger partial charge in [-0.1, -0.05) is 53.7 Å². The van der Waals surface area contributed by atoms with Gasteiger partial charge in [-0.05, 0) is 42.3 Å². The van der Waals surface area contributed by atoms with E-state index in [1.807, 2.05) is 49.4 Å². The molecule has 3 N–H and O–H groups in total. The van der Waals surface area contributed by atoms with Crippen LogP contribution in [-0.4, -0.2) is 34.0 Å². The molecule has 0 saturated carbocycles. The summed E-state index contributed by atoms with van der Waals surface area (Å²) in [5, 5.41) is 25.4. The molecule has 7 heteroatoms. The summed E-state index contributed by atoms with van der Waals surface area (Å²) in [5.41, 5.74) is 4.47. The number of aromatic nitrogens is 2. The second kappa shape index (κ2) is 9.23. The number of nitrogens with zero attached hydrogens (tertiary/aromatic N) is 2. The molecule has 0 saturated heterocycles. The Morgan fingerprint density at radius 3 is 2.81 bits per heavy atom. The lowest BCUT2D eigenvalue weighted by molar-refractivity contribution is -0.124. The monoisotopic (exact) mass is 414 g/mol. The van der Waals surface area contributed by atoms with Crippen molar-refractivity contribution in [1.82, 2.24) is 10.2 Å². The molecule has 7 nitrogen and oxygen atoms in total. The Hall–Kier alpha value is -3.97. The molecule has 0 aliphatic rings. The Labute approximate surface area is 179 Å². The zero-order chi connectivity index (χ0) is 21.6. The molecule has 0 aliphatic heterocycles. The molecule has 1 atom stereocenters. The zero-order valence-corrected chi connectivity index (χ0v) is 16.9. The number of fused-ring (bicyclic) bond motifs is 1. The van der Waals surface area contributed by atoms with Crippen molar-refractivity contribution in [3.05, 3.63) is 83.9 Å². The molecule has 0 unspecified atom stereocenters. The van der Waals surface area contributed by atoms with Crippen molar-refractivity contribution in [3.63, 3.8) is 0 Å². The van der Waals surface area contributed by atoms with Crippen molar-refractivity contribution < 1.29 is 14.7 Å². The summed E-state index contributed by atoms with van der Waals surface area (Å²) < 4.78 is 0. The Kier molecular flexibility index (Phi) is 6.05. The molecule has 0 radical (unpaired) electrons. The van der Waals surface area contributed by atoms with Gasteiger partial charge < -0.3 is 15.3 Å². The Morgan fingerprint density at radius 2 is 2.00 bits per heavy atom. The van der Waals surface area contributed by atoms with E-state index in [2.05, 4.69) is 20.7 Å². The molecule has 1 aromatic heterocycles. The molecule has 3 aromatic carbocycles. The fourth-order valence-electron chi connectivity index (χ4n) is 3.25. The van der Waals surface area contributed by atoms with Crippen LogP contribution in [0.1, 0.15) is 24.2 Å². The first-order chi connectivity index (χ1) is 15.2. The summed E-state index contributed by atoms with van der Waals surface area (Å²) in [5.74, 6) is -0.496. The number of carbonyl (C=O) groups excluding carboxylic acids is 1. The largest absolute Gasteiger partial charge is 0.396 e. The summed E-state index contributed by atoms with van der Waals surface area (Å²) in [7, 11) is 0. The van der Waals surface area contributed by atoms with Gasteiger partial charge in [0.1, 0.15) is 6.61 Å². The number of aromatic amines is 1. The normalized spacial score (nSPS) is 12.2. The third-order valence-electron chi connectivity index (χ3n) is 4.76. The lowest BCUT2D eigenvalue weighted by atomic mass is 10.0. The number of hydrogen-bond acceptors (Lipinski definition) is 5. The van der Waals surface area contributed by atoms with Crippen LogP contribution in [0.4, 0.5) is 5.69 Å². The van der Waals surface area contributed by atoms with E-state index < -0.39 is 12.0 Å². The standard InChI is InChI=1S/C24H22N4O3/c1-2-31-25-15-16-11-12-21-20(13-16)22(28-27-21)18-9-6-10-19(14-18)26-24(30)23(29)17-7-4-3-5-8-17/h3-15,23,29H,2H2,1H3,(H,26,30)(H,27,28)/t23-/m1/s1. The first-order valence-corrected chi connectivity index (χ1v) is 9.93. The molecule has 0 fully saturated rings. The summed E-state index contributed by atoms with van der Waals surface area (Å²) >= 11 is 0. The Morgan fingerprint density at radius 1 is 1.16 bits per heavy atom. The molecular formula is C24H22N4O3. The number of aliphatic hydroxyl groups excluding tert-OH is 1. The Balaban J connectivity index is 1.58. The minimum atomic E-state index is -1.25. The van der Waals surface area contributed by atoms with Crippen LogP contribution in [0.2, 0.25) is 0 Å². The summed E-state index contributed by atoms with van der Waals surface area (Å²) in [6, 6.07) is 22.0. The van der Waals surface area contributed by atoms with Crippen LogP contribution in [-0.2, 0) is 9.63 Å². The molecule has 0 spiro atoms. The highest BCUT2D eigenvalue weighted by molar-refractivity contribution is 5.98. The van der Waals surface area contributed by atoms with Gasteiger partial charge in [0, 0.05) is 16.6 Å². The number of carbonyl (C=O) groups is 1. The van der Waals surface area contributed by atoms with Crippen LogP contribution in [0.5, 0.6) is 0 Å². The molecule has 0 bridgehead atoms. The number of rotatable bonds is 7. The van der Waals surface area contributed by atoms with Crippen LogP contribution in [0.25, 0.3) is 22.2 Å². The number of hydrogen-bond donors (Lipinski definition) is 3. The number of oxime groups is 1. The molecule has 4 rings (SSSR count). The van der Waals surface area contributed by atoms with Gasteiger partial charge in [-0.15, -0.1) is 0 Å². The van der Waals surface area contributed by atoms with E-state index in [0.717, 1.165) is 27.7 Å². The quantitative estimate of drug-likeness (QED) is 0.311. The number of anilines is 1. The average Bonchev–Trinajstić information content (AvgIpc) is 3.23. The number of H-pyrrole nitrogens is 1. The molecule has 1 heterocycles. The summed E-state index contributed by atoms with van der Waals surface area (Å²) in [6.45, 7) is 2.38. The summed E-state index contributed by atoms with van der Waals surface area (Å²) in [4.78, 5) is 17.5. The van der Waals surface area contributed by atoms with Crippen LogP contribution < -0.4 is 5.32 Å². The third-order valence-corrected chi connectivity index (χ3v) is 4.76. The molecular weight excluding hydrogens is 392 g/mol. The van der Waals surface area contributed by atoms with Crippen LogP contribution >= 0.6 is 0 Å². The molecule has 0 aliphatic carbocycles. The first-order valence-electron chi connectivity index (χ1n) is 9.93. The van der Waals surface area contributed by atoms with E-state index in [-0.39, 0.29) is 0 Å². The zero-order valence-electron chi connectivity index (χ0n) is 16.9. The molecule has 31 heavy (non-hydrogen) atoms. The van der Waals surface area contributed by atoms with Gasteiger partial charge >= 0.3 is 0 Å². The van der Waals surface area contributed by atoms with Crippen molar-refractivity contribution >= 4 is 28.7 Å².